The van der Waals surface area contributed by atoms with Gasteiger partial charge in [-0.2, -0.15) is 15.5 Å². The molecule has 0 saturated heterocycles. The van der Waals surface area contributed by atoms with E-state index >= 15 is 0 Å². The first-order chi connectivity index (χ1) is 11.3. The van der Waals surface area contributed by atoms with Gasteiger partial charge < -0.3 is 4.74 Å². The maximum absolute atomic E-state index is 12.5. The molecule has 1 amide bonds. The van der Waals surface area contributed by atoms with Gasteiger partial charge in [0.15, 0.2) is 0 Å². The summed E-state index contributed by atoms with van der Waals surface area (Å²) in [7, 11) is 0. The van der Waals surface area contributed by atoms with Crippen molar-refractivity contribution in [1.29, 1.82) is 5.26 Å². The Morgan fingerprint density at radius 2 is 2.12 bits per heavy atom. The molecule has 0 spiro atoms. The molecule has 0 aliphatic carbocycles. The smallest absolute Gasteiger partial charge is 0.410 e. The van der Waals surface area contributed by atoms with Crippen molar-refractivity contribution in [3.05, 3.63) is 29.8 Å². The Balaban J connectivity index is 1.89. The van der Waals surface area contributed by atoms with Gasteiger partial charge in [-0.3, -0.25) is 9.58 Å². The number of ether oxygens (including phenoxy) is 1. The molecule has 1 aliphatic rings. The minimum Gasteiger partial charge on any atom is -0.444 e. The van der Waals surface area contributed by atoms with Crippen molar-refractivity contribution in [3.8, 4) is 11.8 Å². The first-order valence-electron chi connectivity index (χ1n) is 7.78. The normalized spacial score (nSPS) is 17.3. The van der Waals surface area contributed by atoms with Crippen LogP contribution in [0.3, 0.4) is 0 Å². The van der Waals surface area contributed by atoms with Crippen molar-refractivity contribution in [1.82, 2.24) is 24.5 Å². The number of nitriles is 1. The number of carbonyl (C=O) groups excluding carboxylic acids is 1. The molecule has 0 N–H and O–H groups in total. The monoisotopic (exact) mass is 328 g/mol. The molecule has 0 fully saturated rings. The number of hydrogen-bond donors (Lipinski definition) is 0. The highest BCUT2D eigenvalue weighted by molar-refractivity contribution is 5.69. The quantitative estimate of drug-likeness (QED) is 0.799. The maximum atomic E-state index is 12.5. The fourth-order valence-corrected chi connectivity index (χ4v) is 2.66. The Morgan fingerprint density at radius 1 is 1.38 bits per heavy atom. The molecule has 8 heteroatoms. The van der Waals surface area contributed by atoms with E-state index in [1.165, 1.54) is 6.20 Å². The second-order valence-corrected chi connectivity index (χ2v) is 6.90. The lowest BCUT2D eigenvalue weighted by Gasteiger charge is -2.35. The van der Waals surface area contributed by atoms with Crippen LogP contribution in [0.15, 0.2) is 18.6 Å². The Labute approximate surface area is 140 Å². The molecule has 0 saturated carbocycles. The van der Waals surface area contributed by atoms with Crippen molar-refractivity contribution in [2.24, 2.45) is 0 Å². The second-order valence-electron chi connectivity index (χ2n) is 6.90. The molecule has 126 valence electrons. The summed E-state index contributed by atoms with van der Waals surface area (Å²) < 4.78 is 8.98. The molecule has 8 nitrogen and oxygen atoms in total. The summed E-state index contributed by atoms with van der Waals surface area (Å²) in [6.45, 7) is 8.48. The van der Waals surface area contributed by atoms with E-state index in [2.05, 4.69) is 16.3 Å². The van der Waals surface area contributed by atoms with Gasteiger partial charge in [0.25, 0.3) is 0 Å². The third kappa shape index (κ3) is 2.97. The Bertz CT molecular complexity index is 807. The molecule has 1 unspecified atom stereocenters. The van der Waals surface area contributed by atoms with Crippen molar-refractivity contribution in [2.75, 3.05) is 0 Å². The largest absolute Gasteiger partial charge is 0.444 e. The highest BCUT2D eigenvalue weighted by Gasteiger charge is 2.32. The van der Waals surface area contributed by atoms with Gasteiger partial charge in [0, 0.05) is 6.20 Å². The van der Waals surface area contributed by atoms with Crippen LogP contribution in [0.1, 0.15) is 39.0 Å². The summed E-state index contributed by atoms with van der Waals surface area (Å²) in [4.78, 5) is 14.2. The summed E-state index contributed by atoms with van der Waals surface area (Å²) >= 11 is 0. The lowest BCUT2D eigenvalue weighted by atomic mass is 10.2. The van der Waals surface area contributed by atoms with Crippen LogP contribution in [-0.2, 0) is 17.8 Å². The molecule has 1 atom stereocenters. The molecule has 3 rings (SSSR count). The molecule has 3 heterocycles. The number of fused-ring (bicyclic) bond motifs is 1. The second kappa shape index (κ2) is 5.67. The van der Waals surface area contributed by atoms with Crippen molar-refractivity contribution < 1.29 is 9.53 Å². The predicted molar refractivity (Wildman–Crippen MR) is 85.3 cm³/mol. The van der Waals surface area contributed by atoms with Crippen LogP contribution in [0.4, 0.5) is 4.79 Å². The van der Waals surface area contributed by atoms with Gasteiger partial charge >= 0.3 is 6.09 Å². The van der Waals surface area contributed by atoms with Crippen molar-refractivity contribution in [3.63, 3.8) is 0 Å². The highest BCUT2D eigenvalue weighted by Crippen LogP contribution is 2.24. The third-order valence-corrected chi connectivity index (χ3v) is 3.80. The minimum absolute atomic E-state index is 0.0209. The number of nitrogens with zero attached hydrogens (tertiary/aromatic N) is 6. The van der Waals surface area contributed by atoms with Gasteiger partial charge in [-0.25, -0.2) is 9.48 Å². The van der Waals surface area contributed by atoms with Gasteiger partial charge in [-0.05, 0) is 27.7 Å². The van der Waals surface area contributed by atoms with Gasteiger partial charge in [0.1, 0.15) is 17.4 Å². The minimum atomic E-state index is -0.541. The number of carbonyl (C=O) groups is 1. The third-order valence-electron chi connectivity index (χ3n) is 3.80. The maximum Gasteiger partial charge on any atom is 0.410 e. The lowest BCUT2D eigenvalue weighted by molar-refractivity contribution is 0.00906. The predicted octanol–water partition coefficient (Wildman–Crippen LogP) is 2.08. The van der Waals surface area contributed by atoms with Crippen LogP contribution in [0, 0.1) is 11.3 Å². The van der Waals surface area contributed by atoms with Gasteiger partial charge in [0.05, 0.1) is 42.8 Å². The van der Waals surface area contributed by atoms with Crippen LogP contribution >= 0.6 is 0 Å². The highest BCUT2D eigenvalue weighted by atomic mass is 16.6. The van der Waals surface area contributed by atoms with E-state index in [1.54, 1.807) is 22.0 Å². The number of rotatable bonds is 1. The van der Waals surface area contributed by atoms with E-state index in [-0.39, 0.29) is 12.1 Å². The molecular weight excluding hydrogens is 308 g/mol. The summed E-state index contributed by atoms with van der Waals surface area (Å²) in [6.07, 6.45) is 4.51. The van der Waals surface area contributed by atoms with Crippen molar-refractivity contribution >= 4 is 6.09 Å². The summed E-state index contributed by atoms with van der Waals surface area (Å²) in [5.74, 6) is 0. The Morgan fingerprint density at radius 3 is 2.75 bits per heavy atom. The molecule has 0 radical (unpaired) electrons. The first-order valence-corrected chi connectivity index (χ1v) is 7.78. The average Bonchev–Trinajstić information content (AvgIpc) is 3.09. The fraction of sp³-hybridized carbons (Fsp3) is 0.500. The van der Waals surface area contributed by atoms with Crippen molar-refractivity contribution in [2.45, 2.75) is 52.4 Å². The van der Waals surface area contributed by atoms with Gasteiger partial charge in [-0.1, -0.05) is 0 Å². The molecule has 1 aliphatic heterocycles. The topological polar surface area (TPSA) is 89.0 Å². The molecule has 0 bridgehead atoms. The van der Waals surface area contributed by atoms with Gasteiger partial charge in [0.2, 0.25) is 0 Å². The molecule has 24 heavy (non-hydrogen) atoms. The summed E-state index contributed by atoms with van der Waals surface area (Å²) in [5, 5.41) is 17.5. The standard InChI is InChI=1S/C16H20N6O2/c1-11-8-21-14(10-20(11)15(23)24-16(2,3)4)13(7-19-21)22-9-12(5-17)6-18-22/h6-7,9,11H,8,10H2,1-4H3. The zero-order valence-electron chi connectivity index (χ0n) is 14.2. The number of hydrogen-bond acceptors (Lipinski definition) is 5. The van der Waals surface area contributed by atoms with E-state index in [0.717, 1.165) is 11.4 Å². The van der Waals surface area contributed by atoms with Crippen LogP contribution < -0.4 is 0 Å². The van der Waals surface area contributed by atoms with Gasteiger partial charge in [-0.15, -0.1) is 0 Å². The Kier molecular flexibility index (Phi) is 3.79. The SMILES string of the molecule is CC1Cn2ncc(-n3cc(C#N)cn3)c2CN1C(=O)OC(C)(C)C. The van der Waals surface area contributed by atoms with E-state index in [1.807, 2.05) is 32.4 Å². The fourth-order valence-electron chi connectivity index (χ4n) is 2.66. The summed E-state index contributed by atoms with van der Waals surface area (Å²) in [5.41, 5.74) is 1.56. The van der Waals surface area contributed by atoms with Crippen LogP contribution in [0.2, 0.25) is 0 Å². The van der Waals surface area contributed by atoms with E-state index in [4.69, 9.17) is 10.00 Å². The zero-order chi connectivity index (χ0) is 17.5. The zero-order valence-corrected chi connectivity index (χ0v) is 14.2. The van der Waals surface area contributed by atoms with Crippen LogP contribution in [0.5, 0.6) is 0 Å². The first kappa shape index (κ1) is 16.1. The van der Waals surface area contributed by atoms with E-state index in [0.29, 0.717) is 18.7 Å². The Hall–Kier alpha value is -2.82. The summed E-state index contributed by atoms with van der Waals surface area (Å²) in [6, 6.07) is 2.03. The molecule has 0 aromatic carbocycles. The van der Waals surface area contributed by atoms with E-state index in [9.17, 15) is 4.79 Å². The molecular formula is C16H20N6O2. The van der Waals surface area contributed by atoms with Crippen LogP contribution in [-0.4, -0.2) is 42.2 Å². The molecule has 2 aromatic heterocycles. The average molecular weight is 328 g/mol. The molecule has 2 aromatic rings. The number of aromatic nitrogens is 4. The van der Waals surface area contributed by atoms with E-state index < -0.39 is 5.60 Å². The lowest BCUT2D eigenvalue weighted by Crippen LogP contribution is -2.47. The van der Waals surface area contributed by atoms with Crippen LogP contribution in [0.25, 0.3) is 5.69 Å². The number of amides is 1.